The van der Waals surface area contributed by atoms with E-state index in [0.717, 1.165) is 0 Å². The summed E-state index contributed by atoms with van der Waals surface area (Å²) in [6.45, 7) is 2.33. The highest BCUT2D eigenvalue weighted by Gasteiger charge is 2.06. The standard InChI is InChI=1S/C10H18N2O5/c1-2-17-5-3-4-8(13)11-6-9(14)12-7-10(15)16/h2-7H2,1H3,(H,11,13)(H,12,14)(H,15,16). The zero-order valence-electron chi connectivity index (χ0n) is 9.82. The van der Waals surface area contributed by atoms with Crippen LogP contribution in [-0.2, 0) is 19.1 Å². The summed E-state index contributed by atoms with van der Waals surface area (Å²) in [5.74, 6) is -1.90. The van der Waals surface area contributed by atoms with E-state index in [1.807, 2.05) is 6.92 Å². The summed E-state index contributed by atoms with van der Waals surface area (Å²) in [7, 11) is 0. The summed E-state index contributed by atoms with van der Waals surface area (Å²) in [5, 5.41) is 12.8. The minimum atomic E-state index is -1.12. The molecule has 0 spiro atoms. The van der Waals surface area contributed by atoms with Gasteiger partial charge in [0.1, 0.15) is 6.54 Å². The zero-order valence-corrected chi connectivity index (χ0v) is 9.82. The summed E-state index contributed by atoms with van der Waals surface area (Å²) < 4.78 is 5.05. The van der Waals surface area contributed by atoms with Crippen molar-refractivity contribution in [3.05, 3.63) is 0 Å². The second-order valence-electron chi connectivity index (χ2n) is 3.25. The van der Waals surface area contributed by atoms with Gasteiger partial charge in [-0.05, 0) is 13.3 Å². The first kappa shape index (κ1) is 15.4. The number of hydrogen-bond acceptors (Lipinski definition) is 4. The van der Waals surface area contributed by atoms with E-state index in [1.54, 1.807) is 0 Å². The Morgan fingerprint density at radius 3 is 2.35 bits per heavy atom. The van der Waals surface area contributed by atoms with Crippen molar-refractivity contribution in [3.8, 4) is 0 Å². The molecule has 17 heavy (non-hydrogen) atoms. The molecule has 0 radical (unpaired) electrons. The number of amides is 2. The van der Waals surface area contributed by atoms with Crippen LogP contribution in [-0.4, -0.2) is 49.2 Å². The topological polar surface area (TPSA) is 105 Å². The van der Waals surface area contributed by atoms with Crippen molar-refractivity contribution in [1.82, 2.24) is 10.6 Å². The van der Waals surface area contributed by atoms with Gasteiger partial charge in [0.15, 0.2) is 0 Å². The fourth-order valence-electron chi connectivity index (χ4n) is 0.983. The van der Waals surface area contributed by atoms with Gasteiger partial charge in [-0.15, -0.1) is 0 Å². The van der Waals surface area contributed by atoms with E-state index in [1.165, 1.54) is 0 Å². The lowest BCUT2D eigenvalue weighted by Crippen LogP contribution is -2.39. The highest BCUT2D eigenvalue weighted by Crippen LogP contribution is 1.89. The van der Waals surface area contributed by atoms with Crippen LogP contribution in [0.5, 0.6) is 0 Å². The summed E-state index contributed by atoms with van der Waals surface area (Å²) in [6, 6.07) is 0. The minimum absolute atomic E-state index is 0.208. The molecule has 7 nitrogen and oxygen atoms in total. The van der Waals surface area contributed by atoms with Crippen molar-refractivity contribution in [2.24, 2.45) is 0 Å². The quantitative estimate of drug-likeness (QED) is 0.458. The molecular formula is C10H18N2O5. The van der Waals surface area contributed by atoms with E-state index in [2.05, 4.69) is 10.6 Å². The van der Waals surface area contributed by atoms with Gasteiger partial charge >= 0.3 is 5.97 Å². The molecule has 0 unspecified atom stereocenters. The number of carboxylic acids is 1. The van der Waals surface area contributed by atoms with Gasteiger partial charge in [-0.25, -0.2) is 0 Å². The van der Waals surface area contributed by atoms with Gasteiger partial charge in [-0.2, -0.15) is 0 Å². The van der Waals surface area contributed by atoms with Gasteiger partial charge < -0.3 is 20.5 Å². The van der Waals surface area contributed by atoms with Gasteiger partial charge in [0.2, 0.25) is 11.8 Å². The molecule has 0 fully saturated rings. The van der Waals surface area contributed by atoms with E-state index in [9.17, 15) is 14.4 Å². The molecule has 0 rings (SSSR count). The van der Waals surface area contributed by atoms with Crippen LogP contribution in [0.1, 0.15) is 19.8 Å². The maximum Gasteiger partial charge on any atom is 0.322 e. The van der Waals surface area contributed by atoms with Gasteiger partial charge in [0.05, 0.1) is 6.54 Å². The molecule has 0 aromatic carbocycles. The lowest BCUT2D eigenvalue weighted by Gasteiger charge is -2.05. The lowest BCUT2D eigenvalue weighted by atomic mass is 10.3. The molecule has 0 saturated heterocycles. The largest absolute Gasteiger partial charge is 0.480 e. The third kappa shape index (κ3) is 10.6. The Labute approximate surface area is 99.5 Å². The van der Waals surface area contributed by atoms with Crippen molar-refractivity contribution in [3.63, 3.8) is 0 Å². The molecular weight excluding hydrogens is 228 g/mol. The van der Waals surface area contributed by atoms with Crippen molar-refractivity contribution in [2.75, 3.05) is 26.3 Å². The summed E-state index contributed by atoms with van der Waals surface area (Å²) in [6.07, 6.45) is 0.878. The summed E-state index contributed by atoms with van der Waals surface area (Å²) >= 11 is 0. The molecule has 2 amide bonds. The lowest BCUT2D eigenvalue weighted by molar-refractivity contribution is -0.137. The third-order valence-corrected chi connectivity index (χ3v) is 1.78. The van der Waals surface area contributed by atoms with Crippen LogP contribution >= 0.6 is 0 Å². The molecule has 0 saturated carbocycles. The number of aliphatic carboxylic acids is 1. The van der Waals surface area contributed by atoms with Crippen LogP contribution in [0, 0.1) is 0 Å². The van der Waals surface area contributed by atoms with Crippen molar-refractivity contribution in [2.45, 2.75) is 19.8 Å². The Balaban J connectivity index is 3.49. The predicted molar refractivity (Wildman–Crippen MR) is 59.4 cm³/mol. The highest BCUT2D eigenvalue weighted by atomic mass is 16.5. The van der Waals surface area contributed by atoms with Crippen molar-refractivity contribution >= 4 is 17.8 Å². The van der Waals surface area contributed by atoms with Gasteiger partial charge in [0.25, 0.3) is 0 Å². The second kappa shape index (κ2) is 9.59. The molecule has 0 aliphatic heterocycles. The third-order valence-electron chi connectivity index (χ3n) is 1.78. The predicted octanol–water partition coefficient (Wildman–Crippen LogP) is -0.880. The average Bonchev–Trinajstić information content (AvgIpc) is 2.29. The zero-order chi connectivity index (χ0) is 13.1. The summed E-state index contributed by atoms with van der Waals surface area (Å²) in [5.41, 5.74) is 0. The molecule has 3 N–H and O–H groups in total. The average molecular weight is 246 g/mol. The van der Waals surface area contributed by atoms with Gasteiger partial charge in [-0.1, -0.05) is 0 Å². The van der Waals surface area contributed by atoms with Crippen molar-refractivity contribution < 1.29 is 24.2 Å². The van der Waals surface area contributed by atoms with Crippen LogP contribution in [0.25, 0.3) is 0 Å². The first-order valence-corrected chi connectivity index (χ1v) is 5.39. The number of ether oxygens (including phenoxy) is 1. The molecule has 7 heteroatoms. The first-order valence-electron chi connectivity index (χ1n) is 5.39. The number of hydrogen-bond donors (Lipinski definition) is 3. The fraction of sp³-hybridized carbons (Fsp3) is 0.700. The van der Waals surface area contributed by atoms with E-state index in [-0.39, 0.29) is 18.9 Å². The Morgan fingerprint density at radius 1 is 1.12 bits per heavy atom. The fourth-order valence-corrected chi connectivity index (χ4v) is 0.983. The first-order chi connectivity index (χ1) is 8.06. The van der Waals surface area contributed by atoms with Crippen LogP contribution in [0.3, 0.4) is 0 Å². The Bertz CT molecular complexity index is 267. The molecule has 98 valence electrons. The van der Waals surface area contributed by atoms with E-state index in [0.29, 0.717) is 19.6 Å². The maximum atomic E-state index is 11.2. The molecule has 0 atom stereocenters. The molecule has 0 bridgehead atoms. The maximum absolute atomic E-state index is 11.2. The molecule has 0 aliphatic carbocycles. The Morgan fingerprint density at radius 2 is 1.76 bits per heavy atom. The van der Waals surface area contributed by atoms with Crippen molar-refractivity contribution in [1.29, 1.82) is 0 Å². The van der Waals surface area contributed by atoms with E-state index >= 15 is 0 Å². The van der Waals surface area contributed by atoms with E-state index < -0.39 is 18.4 Å². The number of carbonyl (C=O) groups is 3. The SMILES string of the molecule is CCOCCCC(=O)NCC(=O)NCC(=O)O. The monoisotopic (exact) mass is 246 g/mol. The Kier molecular flexibility index (Phi) is 8.67. The normalized spacial score (nSPS) is 9.71. The Hall–Kier alpha value is -1.63. The van der Waals surface area contributed by atoms with Gasteiger partial charge in [0, 0.05) is 19.6 Å². The molecule has 0 aromatic rings. The minimum Gasteiger partial charge on any atom is -0.480 e. The second-order valence-corrected chi connectivity index (χ2v) is 3.25. The summed E-state index contributed by atoms with van der Waals surface area (Å²) in [4.78, 5) is 32.3. The smallest absolute Gasteiger partial charge is 0.322 e. The number of carbonyl (C=O) groups excluding carboxylic acids is 2. The number of carboxylic acid groups (broad SMARTS) is 1. The molecule has 0 aliphatic rings. The number of rotatable bonds is 9. The van der Waals surface area contributed by atoms with E-state index in [4.69, 9.17) is 9.84 Å². The van der Waals surface area contributed by atoms with Crippen LogP contribution in [0.15, 0.2) is 0 Å². The van der Waals surface area contributed by atoms with Gasteiger partial charge in [-0.3, -0.25) is 14.4 Å². The molecule has 0 aromatic heterocycles. The number of nitrogens with one attached hydrogen (secondary N) is 2. The highest BCUT2D eigenvalue weighted by molar-refractivity contribution is 5.86. The van der Waals surface area contributed by atoms with Crippen LogP contribution < -0.4 is 10.6 Å². The molecule has 0 heterocycles. The van der Waals surface area contributed by atoms with Crippen LogP contribution in [0.4, 0.5) is 0 Å². The van der Waals surface area contributed by atoms with Crippen LogP contribution in [0.2, 0.25) is 0 Å².